The van der Waals surface area contributed by atoms with Crippen LogP contribution in [0.2, 0.25) is 0 Å². The molecule has 2 aromatic heterocycles. The summed E-state index contributed by atoms with van der Waals surface area (Å²) in [5, 5.41) is 30.3. The average Bonchev–Trinajstić information content (AvgIpc) is 3.53. The molecule has 5 N–H and O–H groups in total. The number of nitro benzene ring substituents is 1. The van der Waals surface area contributed by atoms with Crippen molar-refractivity contribution in [1.29, 1.82) is 0 Å². The van der Waals surface area contributed by atoms with E-state index in [0.717, 1.165) is 10.9 Å². The number of hydrazone groups is 1. The monoisotopic (exact) mass is 516 g/mol. The number of amides is 2. The van der Waals surface area contributed by atoms with Gasteiger partial charge in [0.25, 0.3) is 23.5 Å². The molecule has 0 spiro atoms. The number of aromatic amines is 1. The molecule has 38 heavy (non-hydrogen) atoms. The van der Waals surface area contributed by atoms with E-state index in [1.54, 1.807) is 23.0 Å². The van der Waals surface area contributed by atoms with E-state index in [4.69, 9.17) is 5.73 Å². The first-order valence-corrected chi connectivity index (χ1v) is 11.4. The first-order chi connectivity index (χ1) is 18.3. The highest BCUT2D eigenvalue weighted by Crippen LogP contribution is 2.41. The molecule has 0 unspecified atom stereocenters. The highest BCUT2D eigenvalue weighted by molar-refractivity contribution is 6.51. The maximum absolute atomic E-state index is 13.1. The maximum atomic E-state index is 13.1. The largest absolute Gasteiger partial charge is 0.365 e. The Morgan fingerprint density at radius 1 is 1.03 bits per heavy atom. The van der Waals surface area contributed by atoms with Gasteiger partial charge in [-0.25, -0.2) is 10.1 Å². The quantitative estimate of drug-likeness (QED) is 0.0680. The topological polar surface area (TPSA) is 204 Å². The van der Waals surface area contributed by atoms with Gasteiger partial charge in [0.1, 0.15) is 5.10 Å². The molecule has 0 bridgehead atoms. The van der Waals surface area contributed by atoms with Gasteiger partial charge >= 0.3 is 0 Å². The predicted octanol–water partition coefficient (Wildman–Crippen LogP) is 2.08. The Kier molecular flexibility index (Phi) is 6.04. The summed E-state index contributed by atoms with van der Waals surface area (Å²) in [4.78, 5) is 51.1. The van der Waals surface area contributed by atoms with Gasteiger partial charge in [0.15, 0.2) is 5.03 Å². The van der Waals surface area contributed by atoms with Crippen molar-refractivity contribution >= 4 is 56.4 Å². The summed E-state index contributed by atoms with van der Waals surface area (Å²) in [5.74, 6) is -1.60. The van der Waals surface area contributed by atoms with E-state index in [9.17, 15) is 29.8 Å². The number of nitrogens with two attached hydrogens (primary N) is 1. The number of carbonyl (C=O) groups is 2. The first kappa shape index (κ1) is 24.2. The summed E-state index contributed by atoms with van der Waals surface area (Å²) in [7, 11) is 0. The number of rotatable bonds is 8. The van der Waals surface area contributed by atoms with Gasteiger partial charge in [0, 0.05) is 53.6 Å². The van der Waals surface area contributed by atoms with Crippen LogP contribution in [0.3, 0.4) is 0 Å². The number of carbonyl (C=O) groups excluding carboxylic acids is 2. The van der Waals surface area contributed by atoms with Gasteiger partial charge < -0.3 is 20.6 Å². The fourth-order valence-electron chi connectivity index (χ4n) is 4.70. The molecule has 1 aliphatic rings. The minimum atomic E-state index is -0.917. The standard InChI is InChI=1S/C24H20N8O6/c25-24(29-32(37)38)26-9-4-10-30-12-15(19-17(30)7-3-8-18(19)31(35)36)21-20(22(33)28-23(21)34)14-11-27-16-6-2-1-5-13(14)16/h1-3,5-8,11-12,27H,4,9-10H2,(H3,25,26,29)(H,28,33,34). The van der Waals surface area contributed by atoms with Gasteiger partial charge in [0.2, 0.25) is 0 Å². The highest BCUT2D eigenvalue weighted by Gasteiger charge is 2.36. The average molecular weight is 516 g/mol. The summed E-state index contributed by atoms with van der Waals surface area (Å²) in [6, 6.07) is 11.9. The predicted molar refractivity (Wildman–Crippen MR) is 138 cm³/mol. The van der Waals surface area contributed by atoms with E-state index < -0.39 is 21.8 Å². The zero-order valence-corrected chi connectivity index (χ0v) is 19.6. The normalized spacial score (nSPS) is 13.9. The van der Waals surface area contributed by atoms with Crippen LogP contribution in [-0.4, -0.2) is 43.8 Å². The second-order valence-electron chi connectivity index (χ2n) is 8.45. The smallest absolute Gasteiger partial charge is 0.279 e. The molecule has 1 aliphatic heterocycles. The Balaban J connectivity index is 1.63. The number of nitrogens with one attached hydrogen (secondary N) is 3. The number of benzene rings is 2. The highest BCUT2D eigenvalue weighted by atomic mass is 16.7. The van der Waals surface area contributed by atoms with Crippen molar-refractivity contribution in [3.63, 3.8) is 0 Å². The van der Waals surface area contributed by atoms with Crippen LogP contribution < -0.4 is 16.4 Å². The lowest BCUT2D eigenvalue weighted by Gasteiger charge is -2.06. The van der Waals surface area contributed by atoms with Crippen molar-refractivity contribution < 1.29 is 19.5 Å². The van der Waals surface area contributed by atoms with Gasteiger partial charge in [-0.1, -0.05) is 24.3 Å². The number of fused-ring (bicyclic) bond motifs is 2. The van der Waals surface area contributed by atoms with Crippen molar-refractivity contribution in [2.24, 2.45) is 10.8 Å². The Labute approximate surface area is 213 Å². The molecule has 5 rings (SSSR count). The van der Waals surface area contributed by atoms with Crippen LogP contribution in [0.1, 0.15) is 17.5 Å². The zero-order chi connectivity index (χ0) is 27.0. The van der Waals surface area contributed by atoms with Gasteiger partial charge in [0.05, 0.1) is 27.0 Å². The van der Waals surface area contributed by atoms with Crippen molar-refractivity contribution in [2.45, 2.75) is 13.0 Å². The minimum absolute atomic E-state index is 0.0401. The fourth-order valence-corrected chi connectivity index (χ4v) is 4.70. The number of imide groups is 1. The third-order valence-corrected chi connectivity index (χ3v) is 6.21. The molecule has 4 aromatic rings. The molecule has 0 aliphatic carbocycles. The number of non-ortho nitro benzene ring substituents is 1. The molecule has 2 amide bonds. The van der Waals surface area contributed by atoms with Gasteiger partial charge in [-0.15, -0.1) is 0 Å². The lowest BCUT2D eigenvalue weighted by Crippen LogP contribution is -2.33. The number of para-hydroxylation sites is 1. The van der Waals surface area contributed by atoms with Gasteiger partial charge in [-0.2, -0.15) is 0 Å². The van der Waals surface area contributed by atoms with Crippen LogP contribution in [0.5, 0.6) is 0 Å². The fraction of sp³-hybridized carbons (Fsp3) is 0.125. The lowest BCUT2D eigenvalue weighted by molar-refractivity contribution is -0.485. The van der Waals surface area contributed by atoms with Crippen molar-refractivity contribution in [3.05, 3.63) is 86.2 Å². The number of H-pyrrole nitrogens is 1. The number of nitrogens with zero attached hydrogens (tertiary/aromatic N) is 4. The molecule has 0 saturated carbocycles. The Bertz CT molecular complexity index is 1710. The van der Waals surface area contributed by atoms with E-state index >= 15 is 0 Å². The van der Waals surface area contributed by atoms with Crippen LogP contribution in [0.4, 0.5) is 5.69 Å². The van der Waals surface area contributed by atoms with E-state index in [0.29, 0.717) is 24.0 Å². The Morgan fingerprint density at radius 3 is 2.50 bits per heavy atom. The van der Waals surface area contributed by atoms with E-state index in [1.807, 2.05) is 24.3 Å². The number of hydrogen-bond donors (Lipinski definition) is 4. The maximum Gasteiger partial charge on any atom is 0.279 e. The number of aryl methyl sites for hydroxylation is 1. The summed E-state index contributed by atoms with van der Waals surface area (Å²) < 4.78 is 1.73. The second kappa shape index (κ2) is 9.50. The molecular weight excluding hydrogens is 496 g/mol. The Morgan fingerprint density at radius 2 is 1.76 bits per heavy atom. The van der Waals surface area contributed by atoms with Gasteiger partial charge in [-0.3, -0.25) is 25.0 Å². The Hall–Kier alpha value is -5.53. The molecule has 192 valence electrons. The molecule has 0 fully saturated rings. The second-order valence-corrected chi connectivity index (χ2v) is 8.45. The summed E-state index contributed by atoms with van der Waals surface area (Å²) in [5.41, 5.74) is 7.39. The van der Waals surface area contributed by atoms with Crippen LogP contribution in [0, 0.1) is 20.2 Å². The number of guanidine groups is 1. The number of aromatic nitrogens is 2. The SMILES string of the molecule is NC(=N[N+](=O)[O-])NCCCn1cc(C2=C(c3c[nH]c4ccccc34)C(=O)NC2=O)c2c([N+](=O)[O-])cccc21. The molecule has 0 saturated heterocycles. The molecule has 14 heteroatoms. The molecule has 14 nitrogen and oxygen atoms in total. The van der Waals surface area contributed by atoms with Crippen molar-refractivity contribution in [2.75, 3.05) is 6.54 Å². The van der Waals surface area contributed by atoms with Crippen molar-refractivity contribution in [1.82, 2.24) is 20.2 Å². The third-order valence-electron chi connectivity index (χ3n) is 6.21. The van der Waals surface area contributed by atoms with Crippen LogP contribution in [0.15, 0.2) is 60.0 Å². The number of nitro groups is 2. The third kappa shape index (κ3) is 4.19. The molecule has 0 atom stereocenters. The summed E-state index contributed by atoms with van der Waals surface area (Å²) >= 11 is 0. The lowest BCUT2D eigenvalue weighted by atomic mass is 9.95. The van der Waals surface area contributed by atoms with Crippen LogP contribution in [-0.2, 0) is 16.1 Å². The van der Waals surface area contributed by atoms with Crippen molar-refractivity contribution in [3.8, 4) is 0 Å². The van der Waals surface area contributed by atoms with Gasteiger partial charge in [-0.05, 0) is 18.6 Å². The molecule has 2 aromatic carbocycles. The zero-order valence-electron chi connectivity index (χ0n) is 19.6. The van der Waals surface area contributed by atoms with E-state index in [-0.39, 0.29) is 40.3 Å². The van der Waals surface area contributed by atoms with Crippen LogP contribution in [0.25, 0.3) is 33.0 Å². The molecular formula is C24H20N8O6. The first-order valence-electron chi connectivity index (χ1n) is 11.4. The summed E-state index contributed by atoms with van der Waals surface area (Å²) in [6.07, 6.45) is 3.65. The minimum Gasteiger partial charge on any atom is -0.365 e. The van der Waals surface area contributed by atoms with E-state index in [1.165, 1.54) is 12.1 Å². The van der Waals surface area contributed by atoms with E-state index in [2.05, 4.69) is 20.7 Å². The van der Waals surface area contributed by atoms with Crippen LogP contribution >= 0.6 is 0 Å². The molecule has 3 heterocycles. The number of hydrogen-bond acceptors (Lipinski definition) is 6. The summed E-state index contributed by atoms with van der Waals surface area (Å²) in [6.45, 7) is 0.553. The molecule has 0 radical (unpaired) electrons.